The third kappa shape index (κ3) is 2.25. The molecule has 0 aliphatic carbocycles. The highest BCUT2D eigenvalue weighted by Crippen LogP contribution is 2.26. The van der Waals surface area contributed by atoms with Crippen LogP contribution in [0.2, 0.25) is 0 Å². The number of fused-ring (bicyclic) bond motifs is 1. The second-order valence-corrected chi connectivity index (χ2v) is 6.98. The number of thiophene rings is 1. The number of imidazole rings is 1. The van der Waals surface area contributed by atoms with E-state index in [1.54, 1.807) is 23.5 Å². The van der Waals surface area contributed by atoms with Gasteiger partial charge in [-0.15, -0.1) is 11.3 Å². The topological polar surface area (TPSA) is 55.1 Å². The van der Waals surface area contributed by atoms with Crippen molar-refractivity contribution >= 4 is 44.3 Å². The Balaban J connectivity index is 2.14. The van der Waals surface area contributed by atoms with Gasteiger partial charge in [0.05, 0.1) is 21.4 Å². The van der Waals surface area contributed by atoms with Crippen LogP contribution in [-0.4, -0.2) is 20.6 Å². The van der Waals surface area contributed by atoms with Gasteiger partial charge in [-0.05, 0) is 47.1 Å². The number of benzene rings is 1. The predicted molar refractivity (Wildman–Crippen MR) is 82.6 cm³/mol. The summed E-state index contributed by atoms with van der Waals surface area (Å²) in [5.74, 6) is -0.127. The van der Waals surface area contributed by atoms with E-state index in [0.29, 0.717) is 12.1 Å². The molecular formula is C14H11BrN2O2S. The summed E-state index contributed by atoms with van der Waals surface area (Å²) in [7, 11) is 0. The number of aromatic nitrogens is 2. The molecule has 1 N–H and O–H groups in total. The molecule has 4 nitrogen and oxygen atoms in total. The molecule has 0 spiro atoms. The largest absolute Gasteiger partial charge is 0.478 e. The van der Waals surface area contributed by atoms with Gasteiger partial charge < -0.3 is 9.67 Å². The van der Waals surface area contributed by atoms with Crippen molar-refractivity contribution in [1.29, 1.82) is 0 Å². The zero-order valence-corrected chi connectivity index (χ0v) is 13.0. The van der Waals surface area contributed by atoms with Crippen molar-refractivity contribution in [3.63, 3.8) is 0 Å². The Morgan fingerprint density at radius 1 is 1.40 bits per heavy atom. The fourth-order valence-corrected chi connectivity index (χ4v) is 3.70. The molecule has 20 heavy (non-hydrogen) atoms. The van der Waals surface area contributed by atoms with E-state index in [-0.39, 0.29) is 5.56 Å². The normalized spacial score (nSPS) is 11.1. The maximum atomic E-state index is 11.2. The molecule has 2 aromatic heterocycles. The minimum absolute atomic E-state index is 0.247. The van der Waals surface area contributed by atoms with Crippen LogP contribution >= 0.6 is 27.3 Å². The molecule has 3 aromatic rings. The van der Waals surface area contributed by atoms with Gasteiger partial charge in [-0.2, -0.15) is 0 Å². The molecule has 1 aromatic carbocycles. The predicted octanol–water partition coefficient (Wildman–Crippen LogP) is 3.92. The summed E-state index contributed by atoms with van der Waals surface area (Å²) in [5, 5.41) is 9.22. The van der Waals surface area contributed by atoms with Gasteiger partial charge in [-0.25, -0.2) is 9.78 Å². The van der Waals surface area contributed by atoms with E-state index < -0.39 is 5.97 Å². The van der Waals surface area contributed by atoms with E-state index in [9.17, 15) is 9.90 Å². The van der Waals surface area contributed by atoms with Crippen molar-refractivity contribution in [1.82, 2.24) is 9.55 Å². The van der Waals surface area contributed by atoms with E-state index in [0.717, 1.165) is 15.1 Å². The van der Waals surface area contributed by atoms with E-state index >= 15 is 0 Å². The lowest BCUT2D eigenvalue weighted by Crippen LogP contribution is -2.01. The van der Waals surface area contributed by atoms with Gasteiger partial charge in [-0.3, -0.25) is 0 Å². The number of carboxylic acids is 1. The van der Waals surface area contributed by atoms with Crippen LogP contribution in [0.3, 0.4) is 0 Å². The van der Waals surface area contributed by atoms with Crippen LogP contribution in [-0.2, 0) is 6.54 Å². The van der Waals surface area contributed by atoms with Crippen molar-refractivity contribution in [3.8, 4) is 0 Å². The average molecular weight is 351 g/mol. The summed E-state index contributed by atoms with van der Waals surface area (Å²) in [4.78, 5) is 16.9. The smallest absolute Gasteiger partial charge is 0.337 e. The summed E-state index contributed by atoms with van der Waals surface area (Å²) in [5.41, 5.74) is 1.65. The van der Waals surface area contributed by atoms with Crippen LogP contribution < -0.4 is 0 Å². The van der Waals surface area contributed by atoms with Crippen molar-refractivity contribution < 1.29 is 9.90 Å². The lowest BCUT2D eigenvalue weighted by Gasteiger charge is -2.05. The molecule has 2 heterocycles. The quantitative estimate of drug-likeness (QED) is 0.778. The number of hydrogen-bond donors (Lipinski definition) is 1. The minimum Gasteiger partial charge on any atom is -0.478 e. The van der Waals surface area contributed by atoms with Crippen molar-refractivity contribution in [2.45, 2.75) is 13.5 Å². The van der Waals surface area contributed by atoms with Gasteiger partial charge in [-0.1, -0.05) is 6.07 Å². The number of halogens is 1. The first kappa shape index (κ1) is 13.3. The number of aryl methyl sites for hydroxylation is 1. The molecule has 102 valence electrons. The molecule has 0 aliphatic heterocycles. The first-order valence-electron chi connectivity index (χ1n) is 5.99. The molecule has 3 rings (SSSR count). The van der Waals surface area contributed by atoms with E-state index in [2.05, 4.69) is 27.0 Å². The molecule has 0 saturated heterocycles. The molecule has 0 unspecified atom stereocenters. The Morgan fingerprint density at radius 3 is 2.85 bits per heavy atom. The fraction of sp³-hybridized carbons (Fsp3) is 0.143. The maximum Gasteiger partial charge on any atom is 0.337 e. The zero-order chi connectivity index (χ0) is 14.3. The number of carboxylic acid groups (broad SMARTS) is 1. The Morgan fingerprint density at radius 2 is 2.20 bits per heavy atom. The van der Waals surface area contributed by atoms with Gasteiger partial charge >= 0.3 is 5.97 Å². The summed E-state index contributed by atoms with van der Waals surface area (Å²) >= 11 is 5.12. The van der Waals surface area contributed by atoms with Crippen molar-refractivity contribution in [2.24, 2.45) is 0 Å². The molecule has 0 amide bonds. The average Bonchev–Trinajstić information content (AvgIpc) is 2.94. The van der Waals surface area contributed by atoms with E-state index in [1.165, 1.54) is 4.88 Å². The number of hydrogen-bond acceptors (Lipinski definition) is 3. The SMILES string of the molecule is Cc1nc2c(C(=O)O)cccc2n1Cc1ccc(Br)s1. The molecule has 0 saturated carbocycles. The van der Waals surface area contributed by atoms with Crippen LogP contribution in [0.4, 0.5) is 0 Å². The van der Waals surface area contributed by atoms with Crippen LogP contribution in [0.1, 0.15) is 21.1 Å². The van der Waals surface area contributed by atoms with Crippen LogP contribution in [0.15, 0.2) is 34.1 Å². The zero-order valence-electron chi connectivity index (χ0n) is 10.6. The fourth-order valence-electron chi connectivity index (χ4n) is 2.23. The van der Waals surface area contributed by atoms with Crippen molar-refractivity contribution in [2.75, 3.05) is 0 Å². The Labute approximate surface area is 127 Å². The Kier molecular flexibility index (Phi) is 3.35. The lowest BCUT2D eigenvalue weighted by atomic mass is 10.2. The number of nitrogens with zero attached hydrogens (tertiary/aromatic N) is 2. The molecule has 0 atom stereocenters. The number of carbonyl (C=O) groups is 1. The van der Waals surface area contributed by atoms with Gasteiger partial charge in [0, 0.05) is 4.88 Å². The van der Waals surface area contributed by atoms with Gasteiger partial charge in [0.15, 0.2) is 0 Å². The molecule has 0 bridgehead atoms. The molecule has 0 fully saturated rings. The second-order valence-electron chi connectivity index (χ2n) is 4.43. The van der Waals surface area contributed by atoms with Gasteiger partial charge in [0.25, 0.3) is 0 Å². The number of rotatable bonds is 3. The Hall–Kier alpha value is -1.66. The minimum atomic E-state index is -0.945. The highest BCUT2D eigenvalue weighted by Gasteiger charge is 2.15. The van der Waals surface area contributed by atoms with E-state index in [4.69, 9.17) is 0 Å². The lowest BCUT2D eigenvalue weighted by molar-refractivity contribution is 0.0699. The first-order valence-corrected chi connectivity index (χ1v) is 7.60. The van der Waals surface area contributed by atoms with Crippen LogP contribution in [0, 0.1) is 6.92 Å². The summed E-state index contributed by atoms with van der Waals surface area (Å²) < 4.78 is 3.13. The van der Waals surface area contributed by atoms with Crippen LogP contribution in [0.25, 0.3) is 11.0 Å². The highest BCUT2D eigenvalue weighted by molar-refractivity contribution is 9.11. The second kappa shape index (κ2) is 5.03. The third-order valence-corrected chi connectivity index (χ3v) is 4.75. The highest BCUT2D eigenvalue weighted by atomic mass is 79.9. The monoisotopic (exact) mass is 350 g/mol. The molecule has 0 aliphatic rings. The summed E-state index contributed by atoms with van der Waals surface area (Å²) in [6.07, 6.45) is 0. The summed E-state index contributed by atoms with van der Waals surface area (Å²) in [6, 6.07) is 9.32. The number of aromatic carboxylic acids is 1. The van der Waals surface area contributed by atoms with Gasteiger partial charge in [0.2, 0.25) is 0 Å². The number of para-hydroxylation sites is 1. The summed E-state index contributed by atoms with van der Waals surface area (Å²) in [6.45, 7) is 2.59. The van der Waals surface area contributed by atoms with Crippen molar-refractivity contribution in [3.05, 3.63) is 50.4 Å². The third-order valence-electron chi connectivity index (χ3n) is 3.14. The van der Waals surface area contributed by atoms with E-state index in [1.807, 2.05) is 23.6 Å². The maximum absolute atomic E-state index is 11.2. The first-order chi connectivity index (χ1) is 9.56. The standard InChI is InChI=1S/C14H11BrN2O2S/c1-8-16-13-10(14(18)19)3-2-4-11(13)17(8)7-9-5-6-12(15)20-9/h2-6H,7H2,1H3,(H,18,19). The Bertz CT molecular complexity index is 807. The van der Waals surface area contributed by atoms with Crippen LogP contribution in [0.5, 0.6) is 0 Å². The molecular weight excluding hydrogens is 340 g/mol. The molecule has 6 heteroatoms. The molecule has 0 radical (unpaired) electrons. The van der Waals surface area contributed by atoms with Gasteiger partial charge in [0.1, 0.15) is 11.3 Å².